The molecule has 206 valence electrons. The number of rotatable bonds is 9. The monoisotopic (exact) mass is 519 g/mol. The average Bonchev–Trinajstić information content (AvgIpc) is 3.12. The molecule has 37 heavy (non-hydrogen) atoms. The minimum absolute atomic E-state index is 0.0546. The molecule has 1 aliphatic carbocycles. The Bertz CT molecular complexity index is 974. The van der Waals surface area contributed by atoms with Gasteiger partial charge in [-0.1, -0.05) is 19.9 Å². The smallest absolute Gasteiger partial charge is 0.222 e. The fourth-order valence-electron chi connectivity index (χ4n) is 6.80. The van der Waals surface area contributed by atoms with E-state index in [0.29, 0.717) is 36.3 Å². The summed E-state index contributed by atoms with van der Waals surface area (Å²) in [7, 11) is 3.22. The van der Waals surface area contributed by atoms with E-state index in [1.165, 1.54) is 0 Å². The molecular weight excluding hydrogens is 478 g/mol. The van der Waals surface area contributed by atoms with Gasteiger partial charge in [-0.15, -0.1) is 0 Å². The first-order valence-electron chi connectivity index (χ1n) is 13.6. The Morgan fingerprint density at radius 1 is 1.08 bits per heavy atom. The van der Waals surface area contributed by atoms with Crippen molar-refractivity contribution in [2.45, 2.75) is 83.3 Å². The third kappa shape index (κ3) is 4.96. The molecule has 0 aromatic heterocycles. The van der Waals surface area contributed by atoms with Gasteiger partial charge in [0.25, 0.3) is 0 Å². The lowest BCUT2D eigenvalue weighted by Gasteiger charge is -2.60. The van der Waals surface area contributed by atoms with E-state index in [2.05, 4.69) is 19.2 Å². The number of nitrogens with one attached hydrogen (secondary N) is 1. The molecule has 6 rings (SSSR count). The molecule has 0 radical (unpaired) electrons. The zero-order chi connectivity index (χ0) is 26.2. The van der Waals surface area contributed by atoms with Gasteiger partial charge in [-0.3, -0.25) is 4.79 Å². The molecule has 4 aliphatic heterocycles. The fraction of sp³-hybridized carbons (Fsp3) is 0.750. The van der Waals surface area contributed by atoms with Crippen molar-refractivity contribution in [2.75, 3.05) is 27.4 Å². The number of hydrogen-bond donors (Lipinski definition) is 1. The van der Waals surface area contributed by atoms with Crippen LogP contribution in [0.2, 0.25) is 0 Å². The Labute approximate surface area is 219 Å². The SMILES string of the molecule is COc1ccc(CCNC(=O)CCO[C@H]2O[C@@H]3O[C@@]4(C)CC[C@@H]5[C@H](C)CC[C@H]([C@H]2C)[C@@]35OO4)cc1OC. The molecule has 4 saturated heterocycles. The van der Waals surface area contributed by atoms with Crippen molar-refractivity contribution in [3.05, 3.63) is 23.8 Å². The zero-order valence-corrected chi connectivity index (χ0v) is 22.6. The van der Waals surface area contributed by atoms with Crippen LogP contribution in [0.4, 0.5) is 0 Å². The lowest BCUT2D eigenvalue weighted by molar-refractivity contribution is -0.577. The normalized spacial score (nSPS) is 38.4. The molecule has 1 N–H and O–H groups in total. The highest BCUT2D eigenvalue weighted by Gasteiger charge is 2.69. The van der Waals surface area contributed by atoms with Crippen molar-refractivity contribution in [2.24, 2.45) is 23.7 Å². The molecule has 5 fully saturated rings. The van der Waals surface area contributed by atoms with E-state index in [9.17, 15) is 4.79 Å². The molecule has 9 nitrogen and oxygen atoms in total. The molecule has 1 saturated carbocycles. The number of amides is 1. The van der Waals surface area contributed by atoms with Crippen LogP contribution in [0.15, 0.2) is 18.2 Å². The lowest BCUT2D eigenvalue weighted by Crippen LogP contribution is -2.70. The molecule has 1 aromatic carbocycles. The van der Waals surface area contributed by atoms with Crippen molar-refractivity contribution in [1.82, 2.24) is 5.32 Å². The Morgan fingerprint density at radius 2 is 1.89 bits per heavy atom. The maximum absolute atomic E-state index is 12.5. The highest BCUT2D eigenvalue weighted by atomic mass is 17.3. The molecular formula is C28H41NO8. The maximum atomic E-state index is 12.5. The van der Waals surface area contributed by atoms with Crippen molar-refractivity contribution in [3.63, 3.8) is 0 Å². The van der Waals surface area contributed by atoms with Crippen molar-refractivity contribution >= 4 is 5.91 Å². The van der Waals surface area contributed by atoms with Crippen molar-refractivity contribution in [3.8, 4) is 11.5 Å². The minimum Gasteiger partial charge on any atom is -0.493 e. The number of ether oxygens (including phenoxy) is 5. The first-order valence-corrected chi connectivity index (χ1v) is 13.6. The molecule has 1 spiro atoms. The number of methoxy groups -OCH3 is 2. The Hall–Kier alpha value is -1.91. The summed E-state index contributed by atoms with van der Waals surface area (Å²) < 4.78 is 29.5. The van der Waals surface area contributed by atoms with Gasteiger partial charge in [0, 0.05) is 24.8 Å². The molecule has 2 bridgehead atoms. The van der Waals surface area contributed by atoms with Gasteiger partial charge in [0.05, 0.1) is 27.2 Å². The van der Waals surface area contributed by atoms with Crippen LogP contribution in [-0.2, 0) is 35.2 Å². The van der Waals surface area contributed by atoms with Gasteiger partial charge in [-0.25, -0.2) is 9.78 Å². The minimum atomic E-state index is -0.809. The van der Waals surface area contributed by atoms with Crippen molar-refractivity contribution < 1.29 is 38.3 Å². The van der Waals surface area contributed by atoms with E-state index in [1.807, 2.05) is 25.1 Å². The van der Waals surface area contributed by atoms with Gasteiger partial charge >= 0.3 is 0 Å². The predicted octanol–water partition coefficient (Wildman–Crippen LogP) is 3.98. The quantitative estimate of drug-likeness (QED) is 0.490. The Morgan fingerprint density at radius 3 is 2.68 bits per heavy atom. The van der Waals surface area contributed by atoms with E-state index < -0.39 is 24.0 Å². The molecule has 1 amide bonds. The predicted molar refractivity (Wildman–Crippen MR) is 134 cm³/mol. The van der Waals surface area contributed by atoms with Crippen LogP contribution in [0.1, 0.15) is 58.4 Å². The molecule has 1 aromatic rings. The Balaban J connectivity index is 1.13. The standard InChI is InChI=1S/C28H41NO8/c1-17-6-8-21-18(2)25(34-26-28(21)20(17)10-13-27(3,35-26)36-37-28)33-15-12-24(30)29-14-11-19-7-9-22(31-4)23(16-19)32-5/h7,9,16-18,20-21,25-26H,6,8,10-15H2,1-5H3,(H,29,30)/t17-,18-,20-,21-,25+,26-,27-,28-/m1/s1. The zero-order valence-electron chi connectivity index (χ0n) is 22.6. The fourth-order valence-corrected chi connectivity index (χ4v) is 6.80. The third-order valence-corrected chi connectivity index (χ3v) is 8.89. The summed E-state index contributed by atoms with van der Waals surface area (Å²) in [6.45, 7) is 7.17. The highest BCUT2D eigenvalue weighted by Crippen LogP contribution is 2.60. The Kier molecular flexibility index (Phi) is 7.71. The maximum Gasteiger partial charge on any atom is 0.222 e. The summed E-state index contributed by atoms with van der Waals surface area (Å²) in [6, 6.07) is 5.77. The number of hydrogen-bond acceptors (Lipinski definition) is 8. The highest BCUT2D eigenvalue weighted by molar-refractivity contribution is 5.75. The molecule has 5 aliphatic rings. The van der Waals surface area contributed by atoms with Crippen LogP contribution >= 0.6 is 0 Å². The van der Waals surface area contributed by atoms with Crippen molar-refractivity contribution in [1.29, 1.82) is 0 Å². The first-order chi connectivity index (χ1) is 17.8. The van der Waals surface area contributed by atoms with Gasteiger partial charge < -0.3 is 29.0 Å². The second kappa shape index (κ2) is 10.7. The van der Waals surface area contributed by atoms with Gasteiger partial charge in [0.1, 0.15) is 0 Å². The molecule has 8 atom stereocenters. The van der Waals surface area contributed by atoms with Crippen LogP contribution in [0.3, 0.4) is 0 Å². The second-order valence-electron chi connectivity index (χ2n) is 11.2. The van der Waals surface area contributed by atoms with E-state index in [4.69, 9.17) is 33.5 Å². The van der Waals surface area contributed by atoms with Crippen LogP contribution in [0.25, 0.3) is 0 Å². The summed E-state index contributed by atoms with van der Waals surface area (Å²) in [5.74, 6) is 1.63. The summed E-state index contributed by atoms with van der Waals surface area (Å²) in [4.78, 5) is 24.5. The largest absolute Gasteiger partial charge is 0.493 e. The van der Waals surface area contributed by atoms with E-state index in [-0.39, 0.29) is 30.8 Å². The number of fused-ring (bicyclic) bond motifs is 2. The number of carbonyl (C=O) groups is 1. The number of carbonyl (C=O) groups excluding carboxylic acids is 1. The topological polar surface area (TPSA) is 93.7 Å². The molecule has 4 heterocycles. The summed E-state index contributed by atoms with van der Waals surface area (Å²) in [6.07, 6.45) is 3.89. The summed E-state index contributed by atoms with van der Waals surface area (Å²) in [5, 5.41) is 2.97. The first kappa shape index (κ1) is 26.7. The van der Waals surface area contributed by atoms with E-state index in [1.54, 1.807) is 14.2 Å². The van der Waals surface area contributed by atoms with Gasteiger partial charge in [0.2, 0.25) is 11.7 Å². The second-order valence-corrected chi connectivity index (χ2v) is 11.2. The average molecular weight is 520 g/mol. The van der Waals surface area contributed by atoms with Crippen LogP contribution in [0.5, 0.6) is 11.5 Å². The van der Waals surface area contributed by atoms with Crippen LogP contribution < -0.4 is 14.8 Å². The summed E-state index contributed by atoms with van der Waals surface area (Å²) in [5.41, 5.74) is 0.458. The van der Waals surface area contributed by atoms with E-state index >= 15 is 0 Å². The molecule has 9 heteroatoms. The molecule has 0 unspecified atom stereocenters. The third-order valence-electron chi connectivity index (χ3n) is 8.89. The van der Waals surface area contributed by atoms with Crippen LogP contribution in [0, 0.1) is 23.7 Å². The van der Waals surface area contributed by atoms with E-state index in [0.717, 1.165) is 31.2 Å². The number of benzene rings is 1. The lowest BCUT2D eigenvalue weighted by atomic mass is 9.58. The van der Waals surface area contributed by atoms with Gasteiger partial charge in [0.15, 0.2) is 29.7 Å². The van der Waals surface area contributed by atoms with Gasteiger partial charge in [-0.05, 0) is 62.1 Å². The van der Waals surface area contributed by atoms with Gasteiger partial charge in [-0.2, -0.15) is 0 Å². The van der Waals surface area contributed by atoms with Crippen LogP contribution in [-0.4, -0.2) is 57.2 Å². The summed E-state index contributed by atoms with van der Waals surface area (Å²) >= 11 is 0.